The van der Waals surface area contributed by atoms with Crippen molar-refractivity contribution in [1.82, 2.24) is 10.3 Å². The molecule has 0 aliphatic heterocycles. The molecule has 6 nitrogen and oxygen atoms in total. The van der Waals surface area contributed by atoms with Gasteiger partial charge in [-0.05, 0) is 28.1 Å². The third kappa shape index (κ3) is 4.26. The maximum absolute atomic E-state index is 10.5. The van der Waals surface area contributed by atoms with E-state index in [0.29, 0.717) is 16.7 Å². The van der Waals surface area contributed by atoms with Gasteiger partial charge >= 0.3 is 6.09 Å². The zero-order valence-electron chi connectivity index (χ0n) is 8.18. The number of halogens is 1. The summed E-state index contributed by atoms with van der Waals surface area (Å²) in [6, 6.07) is 4.46. The number of amides is 1. The Morgan fingerprint density at radius 2 is 2.38 bits per heavy atom. The lowest BCUT2D eigenvalue weighted by Crippen LogP contribution is -2.40. The van der Waals surface area contributed by atoms with Crippen molar-refractivity contribution in [3.8, 4) is 0 Å². The molecule has 0 spiro atoms. The SMILES string of the molecule is O=CC(CNc1cccc(Br)n1)NC(=O)O. The van der Waals surface area contributed by atoms with Crippen molar-refractivity contribution in [2.24, 2.45) is 0 Å². The maximum Gasteiger partial charge on any atom is 0.405 e. The van der Waals surface area contributed by atoms with Crippen LogP contribution in [0.5, 0.6) is 0 Å². The van der Waals surface area contributed by atoms with E-state index in [0.717, 1.165) is 0 Å². The summed E-state index contributed by atoms with van der Waals surface area (Å²) in [7, 11) is 0. The summed E-state index contributed by atoms with van der Waals surface area (Å²) >= 11 is 3.20. The van der Waals surface area contributed by atoms with Gasteiger partial charge in [-0.15, -0.1) is 0 Å². The van der Waals surface area contributed by atoms with Gasteiger partial charge in [-0.1, -0.05) is 6.07 Å². The molecule has 1 amide bonds. The molecule has 0 radical (unpaired) electrons. The van der Waals surface area contributed by atoms with E-state index < -0.39 is 12.1 Å². The molecule has 0 fully saturated rings. The van der Waals surface area contributed by atoms with Gasteiger partial charge in [0.15, 0.2) is 0 Å². The maximum atomic E-state index is 10.5. The first-order chi connectivity index (χ1) is 7.61. The molecule has 86 valence electrons. The van der Waals surface area contributed by atoms with Crippen molar-refractivity contribution in [2.45, 2.75) is 6.04 Å². The number of nitrogens with zero attached hydrogens (tertiary/aromatic N) is 1. The summed E-state index contributed by atoms with van der Waals surface area (Å²) in [6.45, 7) is 0.152. The van der Waals surface area contributed by atoms with Gasteiger partial charge in [-0.25, -0.2) is 9.78 Å². The molecule has 7 heteroatoms. The van der Waals surface area contributed by atoms with Crippen molar-refractivity contribution in [2.75, 3.05) is 11.9 Å². The number of carbonyl (C=O) groups is 2. The molecule has 1 rings (SSSR count). The first-order valence-electron chi connectivity index (χ1n) is 4.43. The predicted octanol–water partition coefficient (Wildman–Crippen LogP) is 1.09. The number of carboxylic acid groups (broad SMARTS) is 1. The van der Waals surface area contributed by atoms with Crippen molar-refractivity contribution in [1.29, 1.82) is 0 Å². The van der Waals surface area contributed by atoms with E-state index in [4.69, 9.17) is 5.11 Å². The topological polar surface area (TPSA) is 91.3 Å². The van der Waals surface area contributed by atoms with E-state index in [1.807, 2.05) is 0 Å². The van der Waals surface area contributed by atoms with Gasteiger partial charge in [0.2, 0.25) is 0 Å². The number of pyridine rings is 1. The number of anilines is 1. The van der Waals surface area contributed by atoms with Gasteiger partial charge in [0.25, 0.3) is 0 Å². The summed E-state index contributed by atoms with van der Waals surface area (Å²) < 4.78 is 0.659. The largest absolute Gasteiger partial charge is 0.465 e. The number of nitrogens with one attached hydrogen (secondary N) is 2. The molecule has 3 N–H and O–H groups in total. The molecule has 16 heavy (non-hydrogen) atoms. The number of aromatic nitrogens is 1. The van der Waals surface area contributed by atoms with E-state index in [9.17, 15) is 9.59 Å². The van der Waals surface area contributed by atoms with E-state index in [2.05, 4.69) is 31.5 Å². The lowest BCUT2D eigenvalue weighted by Gasteiger charge is -2.11. The van der Waals surface area contributed by atoms with Gasteiger partial charge in [0.05, 0.1) is 0 Å². The highest BCUT2D eigenvalue weighted by molar-refractivity contribution is 9.10. The Labute approximate surface area is 100 Å². The molecule has 0 aliphatic carbocycles. The highest BCUT2D eigenvalue weighted by Crippen LogP contribution is 2.09. The lowest BCUT2D eigenvalue weighted by atomic mass is 10.3. The van der Waals surface area contributed by atoms with Crippen molar-refractivity contribution < 1.29 is 14.7 Å². The van der Waals surface area contributed by atoms with Gasteiger partial charge in [0, 0.05) is 6.54 Å². The molecule has 1 aromatic heterocycles. The Morgan fingerprint density at radius 3 is 2.94 bits per heavy atom. The first kappa shape index (κ1) is 12.4. The summed E-state index contributed by atoms with van der Waals surface area (Å²) in [5.41, 5.74) is 0. The molecule has 0 bridgehead atoms. The normalized spacial score (nSPS) is 11.6. The van der Waals surface area contributed by atoms with Crippen LogP contribution in [-0.2, 0) is 4.79 Å². The van der Waals surface area contributed by atoms with Crippen LogP contribution in [0.2, 0.25) is 0 Å². The Kier molecular flexibility index (Phi) is 4.71. The molecule has 0 aromatic carbocycles. The zero-order chi connectivity index (χ0) is 12.0. The average molecular weight is 288 g/mol. The minimum Gasteiger partial charge on any atom is -0.465 e. The van der Waals surface area contributed by atoms with Gasteiger partial charge in [-0.2, -0.15) is 0 Å². The number of hydrogen-bond acceptors (Lipinski definition) is 4. The van der Waals surface area contributed by atoms with Gasteiger partial charge in [0.1, 0.15) is 22.7 Å². The zero-order valence-corrected chi connectivity index (χ0v) is 9.77. The minimum atomic E-state index is -1.24. The molecule has 0 aliphatic rings. The van der Waals surface area contributed by atoms with Crippen LogP contribution in [0.3, 0.4) is 0 Å². The fourth-order valence-corrected chi connectivity index (χ4v) is 1.36. The number of rotatable bonds is 5. The Morgan fingerprint density at radius 1 is 1.62 bits per heavy atom. The van der Waals surface area contributed by atoms with E-state index in [1.54, 1.807) is 18.2 Å². The van der Waals surface area contributed by atoms with Crippen LogP contribution < -0.4 is 10.6 Å². The van der Waals surface area contributed by atoms with Crippen LogP contribution in [0.1, 0.15) is 0 Å². The molecule has 1 heterocycles. The highest BCUT2D eigenvalue weighted by atomic mass is 79.9. The standard InChI is InChI=1S/C9H10BrN3O3/c10-7-2-1-3-8(13-7)11-4-6(5-14)12-9(15)16/h1-3,5-6,12H,4H2,(H,11,13)(H,15,16). The van der Waals surface area contributed by atoms with E-state index in [-0.39, 0.29) is 6.54 Å². The highest BCUT2D eigenvalue weighted by Gasteiger charge is 2.09. The number of hydrogen-bond donors (Lipinski definition) is 3. The molecular formula is C9H10BrN3O3. The molecular weight excluding hydrogens is 278 g/mol. The summed E-state index contributed by atoms with van der Waals surface area (Å²) in [5.74, 6) is 0.563. The smallest absolute Gasteiger partial charge is 0.405 e. The van der Waals surface area contributed by atoms with Crippen LogP contribution in [-0.4, -0.2) is 35.1 Å². The third-order valence-corrected chi connectivity index (χ3v) is 2.13. The van der Waals surface area contributed by atoms with Crippen molar-refractivity contribution in [3.63, 3.8) is 0 Å². The fourth-order valence-electron chi connectivity index (χ4n) is 1.01. The van der Waals surface area contributed by atoms with E-state index >= 15 is 0 Å². The lowest BCUT2D eigenvalue weighted by molar-refractivity contribution is -0.109. The monoisotopic (exact) mass is 287 g/mol. The average Bonchev–Trinajstić information content (AvgIpc) is 2.24. The minimum absolute atomic E-state index is 0.152. The van der Waals surface area contributed by atoms with Gasteiger partial charge in [-0.3, -0.25) is 0 Å². The quantitative estimate of drug-likeness (QED) is 0.557. The summed E-state index contributed by atoms with van der Waals surface area (Å²) in [5, 5.41) is 13.3. The number of aldehydes is 1. The molecule has 1 atom stereocenters. The first-order valence-corrected chi connectivity index (χ1v) is 5.22. The summed E-state index contributed by atoms with van der Waals surface area (Å²) in [6.07, 6.45) is -0.708. The predicted molar refractivity (Wildman–Crippen MR) is 61.4 cm³/mol. The molecule has 1 unspecified atom stereocenters. The fraction of sp³-hybridized carbons (Fsp3) is 0.222. The second kappa shape index (κ2) is 6.06. The Hall–Kier alpha value is -1.63. The van der Waals surface area contributed by atoms with Crippen molar-refractivity contribution in [3.05, 3.63) is 22.8 Å². The van der Waals surface area contributed by atoms with Crippen LogP contribution in [0.25, 0.3) is 0 Å². The second-order valence-corrected chi connectivity index (χ2v) is 3.73. The summed E-state index contributed by atoms with van der Waals surface area (Å²) in [4.78, 5) is 24.9. The molecule has 0 saturated heterocycles. The van der Waals surface area contributed by atoms with Crippen molar-refractivity contribution >= 4 is 34.1 Å². The second-order valence-electron chi connectivity index (χ2n) is 2.92. The Bertz CT molecular complexity index is 386. The van der Waals surface area contributed by atoms with Crippen LogP contribution in [0.4, 0.5) is 10.6 Å². The van der Waals surface area contributed by atoms with Crippen LogP contribution in [0.15, 0.2) is 22.8 Å². The van der Waals surface area contributed by atoms with Gasteiger partial charge < -0.3 is 20.5 Å². The molecule has 0 saturated carbocycles. The third-order valence-electron chi connectivity index (χ3n) is 1.69. The molecule has 1 aromatic rings. The number of carbonyl (C=O) groups excluding carboxylic acids is 1. The van der Waals surface area contributed by atoms with Crippen LogP contribution >= 0.6 is 15.9 Å². The Balaban J connectivity index is 2.49. The van der Waals surface area contributed by atoms with Crippen LogP contribution in [0, 0.1) is 0 Å². The van der Waals surface area contributed by atoms with E-state index in [1.165, 1.54) is 0 Å².